The normalized spacial score (nSPS) is 20.6. The highest BCUT2D eigenvalue weighted by Crippen LogP contribution is 2.52. The molecular formula is C35H33FN2O. The van der Waals surface area contributed by atoms with Crippen LogP contribution >= 0.6 is 0 Å². The minimum absolute atomic E-state index is 0.0608. The maximum Gasteiger partial charge on any atom is 0.138 e. The lowest BCUT2D eigenvalue weighted by Gasteiger charge is -2.45. The summed E-state index contributed by atoms with van der Waals surface area (Å²) in [5.74, 6) is 1.14. The summed E-state index contributed by atoms with van der Waals surface area (Å²) in [5.41, 5.74) is 4.34. The third kappa shape index (κ3) is 5.04. The van der Waals surface area contributed by atoms with Crippen LogP contribution in [0.25, 0.3) is 0 Å². The molecule has 1 aliphatic heterocycles. The highest BCUT2D eigenvalue weighted by molar-refractivity contribution is 5.88. The molecular weight excluding hydrogens is 483 g/mol. The average molecular weight is 517 g/mol. The van der Waals surface area contributed by atoms with E-state index in [0.717, 1.165) is 24.4 Å². The summed E-state index contributed by atoms with van der Waals surface area (Å²) in [6.45, 7) is 1.83. The maximum absolute atomic E-state index is 13.9. The van der Waals surface area contributed by atoms with E-state index < -0.39 is 0 Å². The third-order valence-electron chi connectivity index (χ3n) is 8.61. The first-order valence-electron chi connectivity index (χ1n) is 13.8. The third-order valence-corrected chi connectivity index (χ3v) is 8.61. The number of fused-ring (bicyclic) bond motifs is 1. The molecule has 196 valence electrons. The molecule has 1 heterocycles. The van der Waals surface area contributed by atoms with Gasteiger partial charge in [0.15, 0.2) is 0 Å². The molecule has 0 bridgehead atoms. The lowest BCUT2D eigenvalue weighted by Crippen LogP contribution is -2.47. The van der Waals surface area contributed by atoms with Gasteiger partial charge < -0.3 is 4.90 Å². The second kappa shape index (κ2) is 11.0. The van der Waals surface area contributed by atoms with Crippen LogP contribution in [0.3, 0.4) is 0 Å². The van der Waals surface area contributed by atoms with E-state index in [1.165, 1.54) is 22.8 Å². The zero-order valence-electron chi connectivity index (χ0n) is 22.0. The lowest BCUT2D eigenvalue weighted by atomic mass is 9.56. The minimum Gasteiger partial charge on any atom is -0.359 e. The lowest BCUT2D eigenvalue weighted by molar-refractivity contribution is -0.126. The molecule has 4 heteroatoms. The molecule has 0 aromatic heterocycles. The Labute approximate surface area is 230 Å². The van der Waals surface area contributed by atoms with Gasteiger partial charge in [0.05, 0.1) is 6.54 Å². The van der Waals surface area contributed by atoms with Crippen LogP contribution in [0, 0.1) is 17.7 Å². The number of benzene rings is 4. The molecule has 2 fully saturated rings. The van der Waals surface area contributed by atoms with Gasteiger partial charge in [-0.1, -0.05) is 103 Å². The van der Waals surface area contributed by atoms with Crippen molar-refractivity contribution in [2.45, 2.75) is 31.2 Å². The average Bonchev–Trinajstić information content (AvgIpc) is 3.44. The number of halogens is 1. The highest BCUT2D eigenvalue weighted by atomic mass is 19.1. The van der Waals surface area contributed by atoms with E-state index in [0.29, 0.717) is 31.7 Å². The molecule has 1 aliphatic carbocycles. The number of amidine groups is 1. The Morgan fingerprint density at radius 1 is 0.795 bits per heavy atom. The number of aliphatic imine (C=N–C) groups is 1. The largest absolute Gasteiger partial charge is 0.359 e. The Morgan fingerprint density at radius 2 is 1.41 bits per heavy atom. The summed E-state index contributed by atoms with van der Waals surface area (Å²) in [6, 6.07) is 38.5. The molecule has 0 amide bonds. The van der Waals surface area contributed by atoms with Crippen molar-refractivity contribution in [3.63, 3.8) is 0 Å². The van der Waals surface area contributed by atoms with Gasteiger partial charge in [-0.05, 0) is 40.8 Å². The molecule has 2 unspecified atom stereocenters. The Kier molecular flexibility index (Phi) is 7.10. The molecule has 0 spiro atoms. The van der Waals surface area contributed by atoms with E-state index >= 15 is 0 Å². The minimum atomic E-state index is -0.249. The van der Waals surface area contributed by atoms with Gasteiger partial charge >= 0.3 is 0 Å². The Balaban J connectivity index is 1.39. The van der Waals surface area contributed by atoms with Gasteiger partial charge in [0, 0.05) is 43.2 Å². The summed E-state index contributed by atoms with van der Waals surface area (Å²) < 4.78 is 13.9. The van der Waals surface area contributed by atoms with Crippen molar-refractivity contribution < 1.29 is 9.18 Å². The highest BCUT2D eigenvalue weighted by Gasteiger charge is 2.54. The number of rotatable bonds is 6. The number of hydrogen-bond donors (Lipinski definition) is 0. The summed E-state index contributed by atoms with van der Waals surface area (Å²) >= 11 is 0. The van der Waals surface area contributed by atoms with Crippen molar-refractivity contribution >= 4 is 11.6 Å². The van der Waals surface area contributed by atoms with Crippen LogP contribution < -0.4 is 0 Å². The van der Waals surface area contributed by atoms with Crippen molar-refractivity contribution in [1.82, 2.24) is 4.90 Å². The fourth-order valence-electron chi connectivity index (χ4n) is 6.75. The van der Waals surface area contributed by atoms with Crippen LogP contribution in [0.15, 0.2) is 120 Å². The maximum atomic E-state index is 13.9. The van der Waals surface area contributed by atoms with E-state index in [1.54, 1.807) is 12.1 Å². The van der Waals surface area contributed by atoms with Crippen molar-refractivity contribution in [2.75, 3.05) is 13.1 Å². The van der Waals surface area contributed by atoms with Gasteiger partial charge in [-0.3, -0.25) is 9.79 Å². The van der Waals surface area contributed by atoms with Crippen molar-refractivity contribution in [2.24, 2.45) is 16.8 Å². The number of carbonyl (C=O) groups excluding carboxylic acids is 1. The SMILES string of the molecule is O=C1CCC(c2ccccc2)(c2ccccc2)C2CN(C(Cc3ccccc3)=NCc3cccc(F)c3)CC12. The quantitative estimate of drug-likeness (QED) is 0.207. The van der Waals surface area contributed by atoms with Crippen LogP contribution in [0.2, 0.25) is 0 Å². The Bertz CT molecular complexity index is 1410. The van der Waals surface area contributed by atoms with Crippen molar-refractivity contribution in [3.8, 4) is 0 Å². The van der Waals surface area contributed by atoms with Gasteiger partial charge in [-0.15, -0.1) is 0 Å². The second-order valence-corrected chi connectivity index (χ2v) is 10.8. The topological polar surface area (TPSA) is 32.7 Å². The van der Waals surface area contributed by atoms with E-state index in [9.17, 15) is 9.18 Å². The van der Waals surface area contributed by atoms with Gasteiger partial charge in [-0.25, -0.2) is 4.39 Å². The Morgan fingerprint density at radius 3 is 2.05 bits per heavy atom. The predicted molar refractivity (Wildman–Crippen MR) is 154 cm³/mol. The smallest absolute Gasteiger partial charge is 0.138 e. The van der Waals surface area contributed by atoms with Gasteiger partial charge in [0.2, 0.25) is 0 Å². The Hall–Kier alpha value is -4.05. The van der Waals surface area contributed by atoms with Gasteiger partial charge in [0.25, 0.3) is 0 Å². The van der Waals surface area contributed by atoms with Gasteiger partial charge in [-0.2, -0.15) is 0 Å². The molecule has 0 radical (unpaired) electrons. The molecule has 1 saturated heterocycles. The number of carbonyl (C=O) groups is 1. The molecule has 2 aliphatic rings. The van der Waals surface area contributed by atoms with Crippen LogP contribution in [0.5, 0.6) is 0 Å². The van der Waals surface area contributed by atoms with Gasteiger partial charge in [0.1, 0.15) is 17.4 Å². The first-order chi connectivity index (χ1) is 19.1. The molecule has 39 heavy (non-hydrogen) atoms. The van der Waals surface area contributed by atoms with E-state index in [1.807, 2.05) is 24.3 Å². The second-order valence-electron chi connectivity index (χ2n) is 10.8. The van der Waals surface area contributed by atoms with Crippen molar-refractivity contribution in [1.29, 1.82) is 0 Å². The van der Waals surface area contributed by atoms with E-state index in [2.05, 4.69) is 77.7 Å². The number of hydrogen-bond acceptors (Lipinski definition) is 2. The van der Waals surface area contributed by atoms with Crippen LogP contribution in [0.4, 0.5) is 4.39 Å². The number of Topliss-reactive ketones (excluding diaryl/α,β-unsaturated/α-hetero) is 1. The summed E-state index contributed by atoms with van der Waals surface area (Å²) in [5, 5.41) is 0. The monoisotopic (exact) mass is 516 g/mol. The van der Waals surface area contributed by atoms with Crippen LogP contribution in [-0.2, 0) is 23.2 Å². The standard InChI is InChI=1S/C35H33FN2O/c36-30-18-10-13-27(21-30)23-37-34(22-26-11-4-1-5-12-26)38-24-31-32(25-38)35(20-19-33(31)39,28-14-6-2-7-15-28)29-16-8-3-9-17-29/h1-18,21,31-32H,19-20,22-25H2. The molecule has 6 rings (SSSR count). The fraction of sp³-hybridized carbons (Fsp3) is 0.257. The zero-order valence-corrected chi connectivity index (χ0v) is 22.0. The van der Waals surface area contributed by atoms with E-state index in [4.69, 9.17) is 4.99 Å². The predicted octanol–water partition coefficient (Wildman–Crippen LogP) is 6.86. The first kappa shape index (κ1) is 25.2. The number of likely N-dealkylation sites (tertiary alicyclic amines) is 1. The van der Waals surface area contributed by atoms with E-state index in [-0.39, 0.29) is 23.1 Å². The molecule has 2 atom stereocenters. The number of nitrogens with zero attached hydrogens (tertiary/aromatic N) is 2. The molecule has 4 aromatic rings. The molecule has 1 saturated carbocycles. The molecule has 3 nitrogen and oxygen atoms in total. The zero-order chi connectivity index (χ0) is 26.7. The summed E-state index contributed by atoms with van der Waals surface area (Å²) in [4.78, 5) is 20.9. The molecule has 0 N–H and O–H groups in total. The molecule has 4 aromatic carbocycles. The first-order valence-corrected chi connectivity index (χ1v) is 13.8. The van der Waals surface area contributed by atoms with Crippen molar-refractivity contribution in [3.05, 3.63) is 143 Å². The fourth-order valence-corrected chi connectivity index (χ4v) is 6.75. The summed E-state index contributed by atoms with van der Waals surface area (Å²) in [7, 11) is 0. The summed E-state index contributed by atoms with van der Waals surface area (Å²) in [6.07, 6.45) is 2.06. The van der Waals surface area contributed by atoms with Crippen LogP contribution in [0.1, 0.15) is 35.1 Å². The number of ketones is 1. The van der Waals surface area contributed by atoms with Crippen LogP contribution in [-0.4, -0.2) is 29.6 Å².